The van der Waals surface area contributed by atoms with Gasteiger partial charge in [0.2, 0.25) is 0 Å². The SMILES string of the molecule is CCC[CH2][Sn]([CH2]CCC)([CH2]CCC)[c]1cnc(N(C)C)cn1. The molecule has 126 valence electrons. The Morgan fingerprint density at radius 2 is 1.32 bits per heavy atom. The second-order valence-electron chi connectivity index (χ2n) is 6.75. The molecule has 1 rings (SSSR count). The van der Waals surface area contributed by atoms with Gasteiger partial charge in [0, 0.05) is 0 Å². The third-order valence-corrected chi connectivity index (χ3v) is 19.7. The van der Waals surface area contributed by atoms with Crippen molar-refractivity contribution in [2.75, 3.05) is 19.0 Å². The maximum absolute atomic E-state index is 4.92. The summed E-state index contributed by atoms with van der Waals surface area (Å²) in [5.74, 6) is 0.977. The number of hydrogen-bond acceptors (Lipinski definition) is 3. The standard InChI is InChI=1S/C6H8N3.3C4H9.Sn/c1-9(2)6-5-7-3-4-8-6;3*1-3-4-2;/h4-5H,1-2H3;3*1,3-4H2,2H3;. The monoisotopic (exact) mass is 413 g/mol. The molecule has 0 aliphatic carbocycles. The normalized spacial score (nSPS) is 11.7. The van der Waals surface area contributed by atoms with Gasteiger partial charge in [-0.1, -0.05) is 0 Å². The van der Waals surface area contributed by atoms with Gasteiger partial charge >= 0.3 is 142 Å². The minimum atomic E-state index is -2.37. The molecule has 0 unspecified atom stereocenters. The van der Waals surface area contributed by atoms with Gasteiger partial charge in [0.25, 0.3) is 0 Å². The van der Waals surface area contributed by atoms with Gasteiger partial charge in [0.15, 0.2) is 0 Å². The van der Waals surface area contributed by atoms with Crippen LogP contribution in [-0.2, 0) is 0 Å². The molecule has 1 aromatic rings. The van der Waals surface area contributed by atoms with Gasteiger partial charge in [-0.05, 0) is 0 Å². The number of anilines is 1. The van der Waals surface area contributed by atoms with Gasteiger partial charge in [-0.2, -0.15) is 0 Å². The van der Waals surface area contributed by atoms with Gasteiger partial charge in [0.1, 0.15) is 0 Å². The molecule has 0 saturated carbocycles. The Morgan fingerprint density at radius 1 is 0.818 bits per heavy atom. The first-order chi connectivity index (χ1) is 10.6. The van der Waals surface area contributed by atoms with Crippen LogP contribution in [0.4, 0.5) is 5.82 Å². The topological polar surface area (TPSA) is 29.0 Å². The van der Waals surface area contributed by atoms with Crippen LogP contribution in [0.25, 0.3) is 0 Å². The van der Waals surface area contributed by atoms with Crippen LogP contribution in [0.1, 0.15) is 59.3 Å². The first-order valence-electron chi connectivity index (χ1n) is 9.09. The number of rotatable bonds is 11. The zero-order valence-corrected chi connectivity index (χ0v) is 18.2. The van der Waals surface area contributed by atoms with Crippen molar-refractivity contribution in [1.29, 1.82) is 0 Å². The Balaban J connectivity index is 3.07. The molecule has 1 heterocycles. The van der Waals surface area contributed by atoms with Gasteiger partial charge in [-0.3, -0.25) is 0 Å². The van der Waals surface area contributed by atoms with E-state index in [0.717, 1.165) is 5.82 Å². The summed E-state index contributed by atoms with van der Waals surface area (Å²) in [7, 11) is 4.07. The third-order valence-electron chi connectivity index (χ3n) is 4.67. The van der Waals surface area contributed by atoms with Crippen molar-refractivity contribution in [2.45, 2.75) is 72.6 Å². The molecule has 0 aliphatic rings. The van der Waals surface area contributed by atoms with Gasteiger partial charge in [0.05, 0.1) is 0 Å². The van der Waals surface area contributed by atoms with Crippen LogP contribution in [-0.4, -0.2) is 42.4 Å². The van der Waals surface area contributed by atoms with Crippen LogP contribution in [0, 0.1) is 0 Å². The number of aromatic nitrogens is 2. The van der Waals surface area contributed by atoms with Crippen molar-refractivity contribution in [3.8, 4) is 0 Å². The van der Waals surface area contributed by atoms with E-state index in [4.69, 9.17) is 4.98 Å². The van der Waals surface area contributed by atoms with Crippen molar-refractivity contribution in [2.24, 2.45) is 0 Å². The number of hydrogen-bond donors (Lipinski definition) is 0. The molecule has 0 radical (unpaired) electrons. The van der Waals surface area contributed by atoms with E-state index >= 15 is 0 Å². The first kappa shape index (κ1) is 19.7. The van der Waals surface area contributed by atoms with E-state index in [1.54, 1.807) is 0 Å². The summed E-state index contributed by atoms with van der Waals surface area (Å²) in [6.45, 7) is 6.95. The molecule has 22 heavy (non-hydrogen) atoms. The van der Waals surface area contributed by atoms with Crippen LogP contribution in [0.15, 0.2) is 12.4 Å². The molecule has 0 bridgehead atoms. The minimum absolute atomic E-state index is 0.977. The summed E-state index contributed by atoms with van der Waals surface area (Å²) in [6.07, 6.45) is 12.2. The summed E-state index contributed by atoms with van der Waals surface area (Å²) >= 11 is -2.37. The fourth-order valence-corrected chi connectivity index (χ4v) is 18.2. The molecular weight excluding hydrogens is 377 g/mol. The zero-order valence-electron chi connectivity index (χ0n) is 15.4. The van der Waals surface area contributed by atoms with E-state index in [1.807, 2.05) is 25.2 Å². The van der Waals surface area contributed by atoms with Crippen LogP contribution < -0.4 is 8.61 Å². The molecule has 0 atom stereocenters. The second-order valence-corrected chi connectivity index (χ2v) is 19.8. The van der Waals surface area contributed by atoms with Crippen molar-refractivity contribution in [1.82, 2.24) is 9.97 Å². The van der Waals surface area contributed by atoms with Gasteiger partial charge < -0.3 is 0 Å². The van der Waals surface area contributed by atoms with E-state index in [9.17, 15) is 0 Å². The Hall–Kier alpha value is -0.321. The van der Waals surface area contributed by atoms with Crippen molar-refractivity contribution in [3.05, 3.63) is 12.4 Å². The van der Waals surface area contributed by atoms with Crippen molar-refractivity contribution >= 4 is 27.9 Å². The van der Waals surface area contributed by atoms with Crippen LogP contribution in [0.5, 0.6) is 0 Å². The Labute approximate surface area is 141 Å². The average molecular weight is 412 g/mol. The van der Waals surface area contributed by atoms with E-state index in [2.05, 4.69) is 32.0 Å². The van der Waals surface area contributed by atoms with E-state index < -0.39 is 18.4 Å². The molecule has 1 aromatic heterocycles. The fraction of sp³-hybridized carbons (Fsp3) is 0.778. The quantitative estimate of drug-likeness (QED) is 0.498. The average Bonchev–Trinajstić information content (AvgIpc) is 2.54. The Bertz CT molecular complexity index is 382. The fourth-order valence-electron chi connectivity index (χ4n) is 3.13. The molecule has 0 N–H and O–H groups in total. The zero-order chi connectivity index (χ0) is 16.4. The van der Waals surface area contributed by atoms with E-state index in [0.29, 0.717) is 0 Å². The van der Waals surface area contributed by atoms with Gasteiger partial charge in [-0.15, -0.1) is 0 Å². The first-order valence-corrected chi connectivity index (χ1v) is 16.6. The maximum atomic E-state index is 4.92. The summed E-state index contributed by atoms with van der Waals surface area (Å²) in [4.78, 5) is 11.6. The molecule has 0 saturated heterocycles. The van der Waals surface area contributed by atoms with Crippen LogP contribution in [0.3, 0.4) is 0 Å². The molecule has 0 spiro atoms. The molecule has 0 aliphatic heterocycles. The van der Waals surface area contributed by atoms with E-state index in [1.165, 1.54) is 55.5 Å². The van der Waals surface area contributed by atoms with E-state index in [-0.39, 0.29) is 0 Å². The predicted molar refractivity (Wildman–Crippen MR) is 101 cm³/mol. The van der Waals surface area contributed by atoms with Crippen LogP contribution in [0.2, 0.25) is 13.3 Å². The second kappa shape index (κ2) is 10.5. The van der Waals surface area contributed by atoms with Crippen molar-refractivity contribution < 1.29 is 0 Å². The van der Waals surface area contributed by atoms with Crippen LogP contribution >= 0.6 is 0 Å². The summed E-state index contributed by atoms with van der Waals surface area (Å²) < 4.78 is 5.80. The number of unbranched alkanes of at least 4 members (excludes halogenated alkanes) is 3. The third kappa shape index (κ3) is 5.71. The van der Waals surface area contributed by atoms with Gasteiger partial charge in [-0.25, -0.2) is 0 Å². The summed E-state index contributed by atoms with van der Waals surface area (Å²) in [5, 5.41) is 0. The molecular formula is C18H35N3Sn. The summed E-state index contributed by atoms with van der Waals surface area (Å²) in [5.41, 5.74) is 0. The molecule has 0 fully saturated rings. The molecule has 4 heteroatoms. The number of nitrogens with zero attached hydrogens (tertiary/aromatic N) is 3. The molecule has 3 nitrogen and oxygen atoms in total. The Morgan fingerprint density at radius 3 is 1.64 bits per heavy atom. The van der Waals surface area contributed by atoms with Crippen molar-refractivity contribution in [3.63, 3.8) is 0 Å². The molecule has 0 amide bonds. The molecule has 0 aromatic carbocycles. The predicted octanol–water partition coefficient (Wildman–Crippen LogP) is 4.60. The summed E-state index contributed by atoms with van der Waals surface area (Å²) in [6, 6.07) is 0. The Kier molecular flexibility index (Phi) is 9.37.